The molecule has 0 unspecified atom stereocenters. The van der Waals surface area contributed by atoms with Gasteiger partial charge in [0, 0.05) is 12.6 Å². The molecule has 82 valence electrons. The highest BCUT2D eigenvalue weighted by molar-refractivity contribution is 7.91. The number of anilines is 1. The monoisotopic (exact) mass is 228 g/mol. The number of rotatable bonds is 1. The smallest absolute Gasteiger partial charge is 0.214 e. The lowest BCUT2D eigenvalue weighted by molar-refractivity contribution is 0.394. The molecule has 0 spiro atoms. The van der Waals surface area contributed by atoms with Crippen LogP contribution in [0.25, 0.3) is 0 Å². The molecular formula is C9H12N2O3S. The number of hydrogen-bond acceptors (Lipinski definition) is 5. The normalized spacial score (nSPS) is 18.5. The van der Waals surface area contributed by atoms with E-state index in [2.05, 4.69) is 10.3 Å². The molecule has 0 saturated heterocycles. The van der Waals surface area contributed by atoms with Gasteiger partial charge in [0.25, 0.3) is 0 Å². The first kappa shape index (κ1) is 10.2. The maximum Gasteiger partial charge on any atom is 0.214 e. The first-order chi connectivity index (χ1) is 7.13. The Morgan fingerprint density at radius 2 is 2.27 bits per heavy atom. The van der Waals surface area contributed by atoms with Gasteiger partial charge in [-0.15, -0.1) is 0 Å². The van der Waals surface area contributed by atoms with Crippen molar-refractivity contribution in [3.63, 3.8) is 0 Å². The molecule has 0 atom stereocenters. The van der Waals surface area contributed by atoms with Gasteiger partial charge in [0.1, 0.15) is 0 Å². The van der Waals surface area contributed by atoms with Crippen LogP contribution in [-0.4, -0.2) is 32.8 Å². The van der Waals surface area contributed by atoms with E-state index in [0.717, 1.165) is 0 Å². The van der Waals surface area contributed by atoms with E-state index in [1.54, 1.807) is 12.1 Å². The number of fused-ring (bicyclic) bond motifs is 1. The van der Waals surface area contributed by atoms with Crippen LogP contribution in [-0.2, 0) is 9.84 Å². The van der Waals surface area contributed by atoms with E-state index in [1.807, 2.05) is 0 Å². The zero-order valence-electron chi connectivity index (χ0n) is 8.36. The topological polar surface area (TPSA) is 68.3 Å². The molecule has 2 rings (SSSR count). The number of aromatic nitrogens is 1. The van der Waals surface area contributed by atoms with Crippen LogP contribution in [0.15, 0.2) is 17.2 Å². The standard InChI is InChI=1S/C9H12N2O3S/c1-14-8-4-3-7-9(11-8)15(12,13)6-2-5-10-7/h3-4,10H,2,5-6H2,1H3. The maximum atomic E-state index is 11.8. The first-order valence-electron chi connectivity index (χ1n) is 4.65. The number of ether oxygens (including phenoxy) is 1. The van der Waals surface area contributed by atoms with Gasteiger partial charge >= 0.3 is 0 Å². The molecule has 1 aromatic heterocycles. The minimum atomic E-state index is -3.26. The van der Waals surface area contributed by atoms with Crippen molar-refractivity contribution in [1.29, 1.82) is 0 Å². The van der Waals surface area contributed by atoms with Gasteiger partial charge in [-0.3, -0.25) is 0 Å². The number of sulfone groups is 1. The predicted octanol–water partition coefficient (Wildman–Crippen LogP) is 0.679. The molecule has 0 aromatic carbocycles. The lowest BCUT2D eigenvalue weighted by atomic mass is 10.4. The Bertz CT molecular complexity index is 470. The van der Waals surface area contributed by atoms with E-state index in [4.69, 9.17) is 4.74 Å². The number of pyridine rings is 1. The summed E-state index contributed by atoms with van der Waals surface area (Å²) in [5.41, 5.74) is 0.563. The van der Waals surface area contributed by atoms with Crippen LogP contribution in [0.1, 0.15) is 6.42 Å². The molecular weight excluding hydrogens is 216 g/mol. The summed E-state index contributed by atoms with van der Waals surface area (Å²) in [4.78, 5) is 3.97. The first-order valence-corrected chi connectivity index (χ1v) is 6.30. The zero-order chi connectivity index (χ0) is 10.9. The second-order valence-corrected chi connectivity index (χ2v) is 5.33. The van der Waals surface area contributed by atoms with Gasteiger partial charge in [-0.25, -0.2) is 8.42 Å². The number of nitrogens with zero attached hydrogens (tertiary/aromatic N) is 1. The average molecular weight is 228 g/mol. The average Bonchev–Trinajstić information content (AvgIpc) is 2.37. The summed E-state index contributed by atoms with van der Waals surface area (Å²) in [5, 5.41) is 3.13. The van der Waals surface area contributed by atoms with Gasteiger partial charge in [-0.1, -0.05) is 0 Å². The Hall–Kier alpha value is -1.30. The van der Waals surface area contributed by atoms with E-state index >= 15 is 0 Å². The Morgan fingerprint density at radius 1 is 1.47 bits per heavy atom. The minimum absolute atomic E-state index is 0.0966. The predicted molar refractivity (Wildman–Crippen MR) is 55.9 cm³/mol. The number of methoxy groups -OCH3 is 1. The zero-order valence-corrected chi connectivity index (χ0v) is 9.17. The fourth-order valence-electron chi connectivity index (χ4n) is 1.49. The second kappa shape index (κ2) is 3.69. The lowest BCUT2D eigenvalue weighted by Gasteiger charge is -2.07. The van der Waals surface area contributed by atoms with E-state index in [1.165, 1.54) is 7.11 Å². The van der Waals surface area contributed by atoms with Crippen LogP contribution >= 0.6 is 0 Å². The molecule has 1 N–H and O–H groups in total. The van der Waals surface area contributed by atoms with Crippen molar-refractivity contribution in [2.75, 3.05) is 24.7 Å². The molecule has 0 aliphatic carbocycles. The van der Waals surface area contributed by atoms with Gasteiger partial charge in [0.2, 0.25) is 5.88 Å². The number of nitrogens with one attached hydrogen (secondary N) is 1. The van der Waals surface area contributed by atoms with Crippen molar-refractivity contribution in [2.24, 2.45) is 0 Å². The Morgan fingerprint density at radius 3 is 3.00 bits per heavy atom. The number of hydrogen-bond donors (Lipinski definition) is 1. The summed E-state index contributed by atoms with van der Waals surface area (Å²) in [7, 11) is -1.80. The van der Waals surface area contributed by atoms with Gasteiger partial charge in [0.05, 0.1) is 18.6 Å². The summed E-state index contributed by atoms with van der Waals surface area (Å²) < 4.78 is 28.5. The maximum absolute atomic E-state index is 11.8. The molecule has 15 heavy (non-hydrogen) atoms. The quantitative estimate of drug-likeness (QED) is 0.765. The third-order valence-electron chi connectivity index (χ3n) is 2.24. The molecule has 1 aromatic rings. The second-order valence-electron chi connectivity index (χ2n) is 3.31. The molecule has 0 bridgehead atoms. The van der Waals surface area contributed by atoms with Gasteiger partial charge in [0.15, 0.2) is 14.9 Å². The molecule has 0 radical (unpaired) electrons. The highest BCUT2D eigenvalue weighted by Gasteiger charge is 2.23. The van der Waals surface area contributed by atoms with Gasteiger partial charge in [-0.2, -0.15) is 4.98 Å². The Kier molecular flexibility index (Phi) is 2.52. The highest BCUT2D eigenvalue weighted by Crippen LogP contribution is 2.25. The fourth-order valence-corrected chi connectivity index (χ4v) is 2.91. The van der Waals surface area contributed by atoms with Crippen molar-refractivity contribution < 1.29 is 13.2 Å². The van der Waals surface area contributed by atoms with E-state index in [9.17, 15) is 8.42 Å². The summed E-state index contributed by atoms with van der Waals surface area (Å²) in [6.45, 7) is 0.653. The van der Waals surface area contributed by atoms with Crippen molar-refractivity contribution in [3.8, 4) is 5.88 Å². The van der Waals surface area contributed by atoms with Crippen LogP contribution in [0.4, 0.5) is 5.69 Å². The molecule has 0 fully saturated rings. The Labute approximate surface area is 88.4 Å². The summed E-state index contributed by atoms with van der Waals surface area (Å²) in [6, 6.07) is 3.33. The minimum Gasteiger partial charge on any atom is -0.481 e. The van der Waals surface area contributed by atoms with Crippen molar-refractivity contribution >= 4 is 15.5 Å². The van der Waals surface area contributed by atoms with Crippen molar-refractivity contribution in [1.82, 2.24) is 4.98 Å². The third-order valence-corrected chi connectivity index (χ3v) is 3.97. The molecule has 1 aliphatic rings. The molecule has 6 heteroatoms. The van der Waals surface area contributed by atoms with E-state index in [-0.39, 0.29) is 10.8 Å². The molecule has 0 amide bonds. The van der Waals surface area contributed by atoms with Crippen LogP contribution in [0.2, 0.25) is 0 Å². The van der Waals surface area contributed by atoms with Crippen LogP contribution < -0.4 is 10.1 Å². The lowest BCUT2D eigenvalue weighted by Crippen LogP contribution is -2.08. The SMILES string of the molecule is COc1ccc2c(n1)S(=O)(=O)CCCN2. The van der Waals surface area contributed by atoms with Crippen LogP contribution in [0.3, 0.4) is 0 Å². The molecule has 2 heterocycles. The highest BCUT2D eigenvalue weighted by atomic mass is 32.2. The van der Waals surface area contributed by atoms with Crippen molar-refractivity contribution in [3.05, 3.63) is 12.1 Å². The van der Waals surface area contributed by atoms with Gasteiger partial charge in [-0.05, 0) is 12.5 Å². The third kappa shape index (κ3) is 1.90. The van der Waals surface area contributed by atoms with E-state index in [0.29, 0.717) is 24.5 Å². The molecule has 1 aliphatic heterocycles. The van der Waals surface area contributed by atoms with Crippen LogP contribution in [0.5, 0.6) is 5.88 Å². The van der Waals surface area contributed by atoms with Crippen LogP contribution in [0, 0.1) is 0 Å². The van der Waals surface area contributed by atoms with Gasteiger partial charge < -0.3 is 10.1 Å². The molecule has 0 saturated carbocycles. The fraction of sp³-hybridized carbons (Fsp3) is 0.444. The van der Waals surface area contributed by atoms with E-state index < -0.39 is 9.84 Å². The summed E-state index contributed by atoms with van der Waals surface area (Å²) >= 11 is 0. The summed E-state index contributed by atoms with van der Waals surface area (Å²) in [6.07, 6.45) is 0.598. The molecule has 5 nitrogen and oxygen atoms in total. The van der Waals surface area contributed by atoms with Crippen molar-refractivity contribution in [2.45, 2.75) is 11.4 Å². The Balaban J connectivity index is 2.59. The largest absolute Gasteiger partial charge is 0.481 e. The summed E-state index contributed by atoms with van der Waals surface area (Å²) in [5.74, 6) is 0.453.